The van der Waals surface area contributed by atoms with Crippen molar-refractivity contribution < 1.29 is 8.42 Å². The molecule has 0 aliphatic rings. The first-order chi connectivity index (χ1) is 8.26. The van der Waals surface area contributed by atoms with Crippen LogP contribution < -0.4 is 0 Å². The molecule has 0 aliphatic heterocycles. The van der Waals surface area contributed by atoms with Crippen LogP contribution in [0.15, 0.2) is 15.6 Å². The third-order valence-electron chi connectivity index (χ3n) is 2.86. The van der Waals surface area contributed by atoms with Gasteiger partial charge < -0.3 is 0 Å². The molecule has 0 saturated heterocycles. The second-order valence-electron chi connectivity index (χ2n) is 4.05. The van der Waals surface area contributed by atoms with Crippen LogP contribution in [0.5, 0.6) is 0 Å². The van der Waals surface area contributed by atoms with Crippen LogP contribution in [-0.4, -0.2) is 27.4 Å². The molecule has 18 heavy (non-hydrogen) atoms. The van der Waals surface area contributed by atoms with Gasteiger partial charge in [-0.15, -0.1) is 0 Å². The normalized spacial score (nSPS) is 12.1. The molecule has 0 fully saturated rings. The summed E-state index contributed by atoms with van der Waals surface area (Å²) in [5, 5.41) is 8.00. The summed E-state index contributed by atoms with van der Waals surface area (Å²) < 4.78 is 28.2. The minimum Gasteiger partial charge on any atom is -0.272 e. The van der Waals surface area contributed by atoms with Crippen molar-refractivity contribution in [2.45, 2.75) is 25.7 Å². The summed E-state index contributed by atoms with van der Waals surface area (Å²) in [5.74, 6) is 0. The number of hydrogen-bond donors (Lipinski definition) is 0. The highest BCUT2D eigenvalue weighted by molar-refractivity contribution is 9.10. The van der Waals surface area contributed by atoms with Crippen molar-refractivity contribution in [2.24, 2.45) is 7.05 Å². The summed E-state index contributed by atoms with van der Waals surface area (Å²) in [4.78, 5) is 0.170. The van der Waals surface area contributed by atoms with Gasteiger partial charge in [-0.3, -0.25) is 4.68 Å². The second-order valence-corrected chi connectivity index (χ2v) is 6.58. The Morgan fingerprint density at radius 3 is 2.22 bits per heavy atom. The summed E-state index contributed by atoms with van der Waals surface area (Å²) >= 11 is 3.32. The lowest BCUT2D eigenvalue weighted by atomic mass is 10.4. The molecule has 0 saturated carbocycles. The van der Waals surface area contributed by atoms with Crippen LogP contribution >= 0.6 is 15.9 Å². The summed E-state index contributed by atoms with van der Waals surface area (Å²) in [6, 6.07) is 0. The maximum absolute atomic E-state index is 12.5. The van der Waals surface area contributed by atoms with Crippen LogP contribution in [0.1, 0.15) is 17.1 Å². The van der Waals surface area contributed by atoms with Gasteiger partial charge in [0, 0.05) is 7.05 Å². The first-order valence-corrected chi connectivity index (χ1v) is 7.46. The Hall–Kier alpha value is -1.15. The Balaban J connectivity index is 2.69. The maximum atomic E-state index is 12.5. The second kappa shape index (κ2) is 4.20. The van der Waals surface area contributed by atoms with Crippen molar-refractivity contribution >= 4 is 26.0 Å². The quantitative estimate of drug-likeness (QED) is 0.836. The fourth-order valence-electron chi connectivity index (χ4n) is 1.66. The fraction of sp³-hybridized carbons (Fsp3) is 0.400. The number of aromatic nitrogens is 4. The molecule has 0 atom stereocenters. The summed E-state index contributed by atoms with van der Waals surface area (Å²) in [6.45, 7) is 5.16. The molecule has 2 rings (SSSR count). The molecular formula is C10H13BrN4O2S. The number of rotatable bonds is 2. The van der Waals surface area contributed by atoms with E-state index in [1.807, 2.05) is 0 Å². The fourth-order valence-corrected chi connectivity index (χ4v) is 3.58. The lowest BCUT2D eigenvalue weighted by Crippen LogP contribution is -2.17. The molecule has 2 aromatic heterocycles. The van der Waals surface area contributed by atoms with Crippen LogP contribution in [0, 0.1) is 20.8 Å². The predicted octanol–water partition coefficient (Wildman–Crippen LogP) is 1.54. The van der Waals surface area contributed by atoms with Gasteiger partial charge in [-0.25, -0.2) is 0 Å². The SMILES string of the molecule is Cc1nn(S(=O)(=O)c2cnn(C)c2C)c(C)c1Br. The molecule has 0 N–H and O–H groups in total. The van der Waals surface area contributed by atoms with E-state index in [-0.39, 0.29) is 4.90 Å². The average Bonchev–Trinajstić information content (AvgIpc) is 2.76. The van der Waals surface area contributed by atoms with E-state index in [1.54, 1.807) is 27.8 Å². The van der Waals surface area contributed by atoms with Crippen molar-refractivity contribution in [3.8, 4) is 0 Å². The Bertz CT molecular complexity index is 715. The van der Waals surface area contributed by atoms with Gasteiger partial charge in [-0.2, -0.15) is 22.7 Å². The van der Waals surface area contributed by atoms with Crippen molar-refractivity contribution in [3.63, 3.8) is 0 Å². The Morgan fingerprint density at radius 1 is 1.22 bits per heavy atom. The minimum absolute atomic E-state index is 0.170. The summed E-state index contributed by atoms with van der Waals surface area (Å²) in [5.41, 5.74) is 1.77. The molecule has 0 aromatic carbocycles. The Labute approximate surface area is 114 Å². The molecule has 0 spiro atoms. The van der Waals surface area contributed by atoms with E-state index in [0.717, 1.165) is 4.09 Å². The van der Waals surface area contributed by atoms with Gasteiger partial charge in [0.1, 0.15) is 4.90 Å². The molecule has 98 valence electrons. The first kappa shape index (κ1) is 13.3. The van der Waals surface area contributed by atoms with E-state index in [2.05, 4.69) is 26.1 Å². The van der Waals surface area contributed by atoms with Crippen LogP contribution in [0.25, 0.3) is 0 Å². The molecule has 2 aromatic rings. The Morgan fingerprint density at radius 2 is 1.83 bits per heavy atom. The van der Waals surface area contributed by atoms with Crippen LogP contribution in [0.4, 0.5) is 0 Å². The highest BCUT2D eigenvalue weighted by Gasteiger charge is 2.26. The maximum Gasteiger partial charge on any atom is 0.286 e. The van der Waals surface area contributed by atoms with E-state index in [0.29, 0.717) is 21.6 Å². The van der Waals surface area contributed by atoms with Crippen molar-refractivity contribution in [1.82, 2.24) is 19.0 Å². The van der Waals surface area contributed by atoms with Crippen LogP contribution in [0.3, 0.4) is 0 Å². The highest BCUT2D eigenvalue weighted by Crippen LogP contribution is 2.25. The van der Waals surface area contributed by atoms with Gasteiger partial charge >= 0.3 is 0 Å². The van der Waals surface area contributed by atoms with Gasteiger partial charge in [-0.1, -0.05) is 0 Å². The number of nitrogens with zero attached hydrogens (tertiary/aromatic N) is 4. The molecule has 0 unspecified atom stereocenters. The topological polar surface area (TPSA) is 69.8 Å². The zero-order chi connectivity index (χ0) is 13.7. The monoisotopic (exact) mass is 332 g/mol. The van der Waals surface area contributed by atoms with Gasteiger partial charge in [0.2, 0.25) is 0 Å². The van der Waals surface area contributed by atoms with E-state index >= 15 is 0 Å². The van der Waals surface area contributed by atoms with Crippen molar-refractivity contribution in [3.05, 3.63) is 27.8 Å². The largest absolute Gasteiger partial charge is 0.286 e. The molecular weight excluding hydrogens is 320 g/mol. The number of hydrogen-bond acceptors (Lipinski definition) is 4. The average molecular weight is 333 g/mol. The van der Waals surface area contributed by atoms with Gasteiger partial charge in [0.25, 0.3) is 10.0 Å². The molecule has 6 nitrogen and oxygen atoms in total. The molecule has 8 heteroatoms. The molecule has 0 radical (unpaired) electrons. The molecule has 0 bridgehead atoms. The third-order valence-corrected chi connectivity index (χ3v) is 5.77. The lowest BCUT2D eigenvalue weighted by molar-refractivity contribution is 0.576. The number of aryl methyl sites for hydroxylation is 2. The standard InChI is InChI=1S/C10H13BrN4O2S/c1-6-10(11)8(3)15(13-6)18(16,17)9-5-12-14(4)7(9)2/h5H,1-4H3. The van der Waals surface area contributed by atoms with Gasteiger partial charge in [0.15, 0.2) is 0 Å². The zero-order valence-electron chi connectivity index (χ0n) is 10.5. The molecule has 0 amide bonds. The first-order valence-electron chi connectivity index (χ1n) is 5.22. The molecule has 2 heterocycles. The van der Waals surface area contributed by atoms with E-state index < -0.39 is 10.0 Å². The van der Waals surface area contributed by atoms with E-state index in [4.69, 9.17) is 0 Å². The Kier molecular flexibility index (Phi) is 3.10. The molecule has 0 aliphatic carbocycles. The predicted molar refractivity (Wildman–Crippen MR) is 69.9 cm³/mol. The minimum atomic E-state index is -3.69. The third kappa shape index (κ3) is 1.79. The zero-order valence-corrected chi connectivity index (χ0v) is 12.9. The van der Waals surface area contributed by atoms with Crippen molar-refractivity contribution in [2.75, 3.05) is 0 Å². The van der Waals surface area contributed by atoms with Gasteiger partial charge in [0.05, 0.1) is 27.8 Å². The highest BCUT2D eigenvalue weighted by atomic mass is 79.9. The van der Waals surface area contributed by atoms with Crippen LogP contribution in [0.2, 0.25) is 0 Å². The summed E-state index contributed by atoms with van der Waals surface area (Å²) in [6.07, 6.45) is 1.34. The lowest BCUT2D eigenvalue weighted by Gasteiger charge is -2.05. The van der Waals surface area contributed by atoms with E-state index in [1.165, 1.54) is 10.9 Å². The van der Waals surface area contributed by atoms with Crippen LogP contribution in [-0.2, 0) is 17.1 Å². The smallest absolute Gasteiger partial charge is 0.272 e. The summed E-state index contributed by atoms with van der Waals surface area (Å²) in [7, 11) is -1.99. The van der Waals surface area contributed by atoms with Gasteiger partial charge in [-0.05, 0) is 36.7 Å². The van der Waals surface area contributed by atoms with E-state index in [9.17, 15) is 8.42 Å². The van der Waals surface area contributed by atoms with Crippen molar-refractivity contribution in [1.29, 1.82) is 0 Å². The number of halogens is 1.